The van der Waals surface area contributed by atoms with Crippen molar-refractivity contribution < 1.29 is 0 Å². The molecule has 1 nitrogen and oxygen atoms in total. The molecule has 0 amide bonds. The maximum atomic E-state index is 3.84. The molecule has 1 atom stereocenters. The fraction of sp³-hybridized carbons (Fsp3) is 1.00. The number of thioether (sulfide) groups is 1. The topological polar surface area (TPSA) is 12.0 Å². The second-order valence-corrected chi connectivity index (χ2v) is 5.57. The highest BCUT2D eigenvalue weighted by molar-refractivity contribution is 7.99. The van der Waals surface area contributed by atoms with Crippen LogP contribution in [0, 0.1) is 0 Å². The van der Waals surface area contributed by atoms with E-state index in [1.54, 1.807) is 0 Å². The first kappa shape index (κ1) is 9.85. The molecule has 0 aromatic rings. The summed E-state index contributed by atoms with van der Waals surface area (Å²) in [5, 5.41) is 3.84. The average Bonchev–Trinajstić information content (AvgIpc) is 2.49. The Bertz CT molecular complexity index is 135. The third kappa shape index (κ3) is 3.17. The molecule has 1 aliphatic carbocycles. The van der Waals surface area contributed by atoms with Gasteiger partial charge in [0.15, 0.2) is 0 Å². The molecule has 1 saturated heterocycles. The maximum Gasteiger partial charge on any atom is 0.0168 e. The highest BCUT2D eigenvalue weighted by Crippen LogP contribution is 2.22. The van der Waals surface area contributed by atoms with Crippen LogP contribution in [0.5, 0.6) is 0 Å². The third-order valence-corrected chi connectivity index (χ3v) is 4.42. The predicted octanol–water partition coefficient (Wildman–Crippen LogP) is 2.80. The molecular weight excluding hydrogens is 178 g/mol. The summed E-state index contributed by atoms with van der Waals surface area (Å²) in [5.74, 6) is 2.74. The minimum absolute atomic E-state index is 0.841. The van der Waals surface area contributed by atoms with E-state index in [0.29, 0.717) is 0 Å². The first-order valence-electron chi connectivity index (χ1n) is 5.79. The van der Waals surface area contributed by atoms with Crippen molar-refractivity contribution in [3.63, 3.8) is 0 Å². The van der Waals surface area contributed by atoms with E-state index in [1.807, 2.05) is 0 Å². The van der Waals surface area contributed by atoms with Gasteiger partial charge in [-0.1, -0.05) is 25.7 Å². The molecular formula is C11H21NS. The van der Waals surface area contributed by atoms with Crippen LogP contribution in [0.3, 0.4) is 0 Å². The highest BCUT2D eigenvalue weighted by Gasteiger charge is 2.19. The summed E-state index contributed by atoms with van der Waals surface area (Å²) in [5.41, 5.74) is 0. The lowest BCUT2D eigenvalue weighted by Gasteiger charge is -2.20. The minimum atomic E-state index is 0.841. The molecule has 2 fully saturated rings. The van der Waals surface area contributed by atoms with Gasteiger partial charge in [-0.05, 0) is 25.0 Å². The molecule has 1 saturated carbocycles. The van der Waals surface area contributed by atoms with Crippen LogP contribution in [0.1, 0.15) is 44.9 Å². The zero-order valence-corrected chi connectivity index (χ0v) is 9.24. The Morgan fingerprint density at radius 3 is 2.23 bits per heavy atom. The first-order chi connectivity index (χ1) is 6.45. The zero-order chi connectivity index (χ0) is 8.93. The summed E-state index contributed by atoms with van der Waals surface area (Å²) in [6, 6.07) is 1.69. The van der Waals surface area contributed by atoms with Crippen molar-refractivity contribution in [2.75, 3.05) is 11.5 Å². The van der Waals surface area contributed by atoms with Crippen LogP contribution < -0.4 is 5.32 Å². The Hall–Kier alpha value is 0.310. The molecule has 1 heterocycles. The summed E-state index contributed by atoms with van der Waals surface area (Å²) in [6.45, 7) is 0. The van der Waals surface area contributed by atoms with Crippen LogP contribution in [0.25, 0.3) is 0 Å². The molecule has 0 spiro atoms. The molecule has 1 N–H and O–H groups in total. The van der Waals surface area contributed by atoms with Crippen LogP contribution in [0.2, 0.25) is 0 Å². The number of hydrogen-bond acceptors (Lipinski definition) is 2. The van der Waals surface area contributed by atoms with Gasteiger partial charge in [0, 0.05) is 17.8 Å². The second-order valence-electron chi connectivity index (χ2n) is 4.42. The van der Waals surface area contributed by atoms with Gasteiger partial charge >= 0.3 is 0 Å². The van der Waals surface area contributed by atoms with Crippen molar-refractivity contribution in [3.05, 3.63) is 0 Å². The lowest BCUT2D eigenvalue weighted by molar-refractivity contribution is 0.411. The SMILES string of the molecule is C1CCCC(NC2CCSC2)CC1. The monoisotopic (exact) mass is 199 g/mol. The van der Waals surface area contributed by atoms with E-state index >= 15 is 0 Å². The Morgan fingerprint density at radius 1 is 0.846 bits per heavy atom. The largest absolute Gasteiger partial charge is 0.310 e. The minimum Gasteiger partial charge on any atom is -0.310 e. The van der Waals surface area contributed by atoms with Crippen LogP contribution in [-0.2, 0) is 0 Å². The van der Waals surface area contributed by atoms with Crippen molar-refractivity contribution in [1.82, 2.24) is 5.32 Å². The molecule has 13 heavy (non-hydrogen) atoms. The Labute approximate surface area is 86.0 Å². The van der Waals surface area contributed by atoms with E-state index in [-0.39, 0.29) is 0 Å². The highest BCUT2D eigenvalue weighted by atomic mass is 32.2. The third-order valence-electron chi connectivity index (χ3n) is 3.26. The molecule has 0 radical (unpaired) electrons. The van der Waals surface area contributed by atoms with Crippen molar-refractivity contribution in [2.24, 2.45) is 0 Å². The van der Waals surface area contributed by atoms with E-state index in [0.717, 1.165) is 12.1 Å². The smallest absolute Gasteiger partial charge is 0.0168 e. The van der Waals surface area contributed by atoms with Gasteiger partial charge in [-0.3, -0.25) is 0 Å². The summed E-state index contributed by atoms with van der Waals surface area (Å²) < 4.78 is 0. The van der Waals surface area contributed by atoms with Crippen molar-refractivity contribution >= 4 is 11.8 Å². The molecule has 0 bridgehead atoms. The summed E-state index contributed by atoms with van der Waals surface area (Å²) in [6.07, 6.45) is 10.1. The van der Waals surface area contributed by atoms with Crippen molar-refractivity contribution in [2.45, 2.75) is 57.0 Å². The lowest BCUT2D eigenvalue weighted by atomic mass is 10.1. The molecule has 2 heteroatoms. The summed E-state index contributed by atoms with van der Waals surface area (Å²) in [4.78, 5) is 0. The standard InChI is InChI=1S/C11H21NS/c1-2-4-6-10(5-3-1)12-11-7-8-13-9-11/h10-12H,1-9H2. The van der Waals surface area contributed by atoms with E-state index in [2.05, 4.69) is 17.1 Å². The van der Waals surface area contributed by atoms with Crippen LogP contribution in [0.15, 0.2) is 0 Å². The molecule has 1 unspecified atom stereocenters. The number of nitrogens with one attached hydrogen (secondary N) is 1. The average molecular weight is 199 g/mol. The lowest BCUT2D eigenvalue weighted by Crippen LogP contribution is -2.37. The van der Waals surface area contributed by atoms with E-state index < -0.39 is 0 Å². The molecule has 2 rings (SSSR count). The summed E-state index contributed by atoms with van der Waals surface area (Å²) >= 11 is 2.11. The molecule has 0 aromatic carbocycles. The van der Waals surface area contributed by atoms with Gasteiger partial charge < -0.3 is 5.32 Å². The van der Waals surface area contributed by atoms with Crippen LogP contribution in [0.4, 0.5) is 0 Å². The van der Waals surface area contributed by atoms with E-state index in [1.165, 1.54) is 56.5 Å². The van der Waals surface area contributed by atoms with E-state index in [9.17, 15) is 0 Å². The Balaban J connectivity index is 1.71. The summed E-state index contributed by atoms with van der Waals surface area (Å²) in [7, 11) is 0. The first-order valence-corrected chi connectivity index (χ1v) is 6.94. The van der Waals surface area contributed by atoms with Gasteiger partial charge in [-0.15, -0.1) is 0 Å². The molecule has 0 aromatic heterocycles. The Morgan fingerprint density at radius 2 is 1.62 bits per heavy atom. The Kier molecular flexibility index (Phi) is 3.98. The van der Waals surface area contributed by atoms with Gasteiger partial charge in [0.25, 0.3) is 0 Å². The predicted molar refractivity (Wildman–Crippen MR) is 60.4 cm³/mol. The normalized spacial score (nSPS) is 31.8. The fourth-order valence-corrected chi connectivity index (χ4v) is 3.61. The number of rotatable bonds is 2. The second kappa shape index (κ2) is 5.26. The molecule has 1 aliphatic heterocycles. The van der Waals surface area contributed by atoms with Gasteiger partial charge in [-0.2, -0.15) is 11.8 Å². The van der Waals surface area contributed by atoms with Gasteiger partial charge in [0.1, 0.15) is 0 Å². The van der Waals surface area contributed by atoms with E-state index in [4.69, 9.17) is 0 Å². The zero-order valence-electron chi connectivity index (χ0n) is 8.43. The maximum absolute atomic E-state index is 3.84. The quantitative estimate of drug-likeness (QED) is 0.686. The van der Waals surface area contributed by atoms with Gasteiger partial charge in [0.2, 0.25) is 0 Å². The van der Waals surface area contributed by atoms with Crippen molar-refractivity contribution in [1.29, 1.82) is 0 Å². The van der Waals surface area contributed by atoms with Crippen LogP contribution >= 0.6 is 11.8 Å². The van der Waals surface area contributed by atoms with Gasteiger partial charge in [-0.25, -0.2) is 0 Å². The van der Waals surface area contributed by atoms with Gasteiger partial charge in [0.05, 0.1) is 0 Å². The molecule has 76 valence electrons. The number of hydrogen-bond donors (Lipinski definition) is 1. The van der Waals surface area contributed by atoms with Crippen LogP contribution in [-0.4, -0.2) is 23.6 Å². The molecule has 2 aliphatic rings. The fourth-order valence-electron chi connectivity index (χ4n) is 2.45. The van der Waals surface area contributed by atoms with Crippen molar-refractivity contribution in [3.8, 4) is 0 Å².